The first-order valence-corrected chi connectivity index (χ1v) is 11.1. The number of benzene rings is 3. The molecule has 1 aliphatic heterocycles. The van der Waals surface area contributed by atoms with Gasteiger partial charge in [-0.15, -0.1) is 0 Å². The summed E-state index contributed by atoms with van der Waals surface area (Å²) in [6, 6.07) is 21.6. The van der Waals surface area contributed by atoms with Gasteiger partial charge in [0.05, 0.1) is 27.8 Å². The van der Waals surface area contributed by atoms with E-state index in [1.165, 1.54) is 0 Å². The molecule has 172 valence electrons. The monoisotopic (exact) mass is 446 g/mol. The number of hydrogen-bond donors (Lipinski definition) is 0. The van der Waals surface area contributed by atoms with Gasteiger partial charge in [-0.05, 0) is 23.3 Å². The van der Waals surface area contributed by atoms with Gasteiger partial charge in [0.25, 0.3) is 0 Å². The van der Waals surface area contributed by atoms with Crippen molar-refractivity contribution in [1.82, 2.24) is 0 Å². The second kappa shape index (κ2) is 9.18. The third-order valence-electron chi connectivity index (χ3n) is 6.76. The van der Waals surface area contributed by atoms with Crippen LogP contribution < -0.4 is 18.9 Å². The predicted molar refractivity (Wildman–Crippen MR) is 128 cm³/mol. The summed E-state index contributed by atoms with van der Waals surface area (Å²) < 4.78 is 23.5. The number of hydrogen-bond acceptors (Lipinski definition) is 5. The van der Waals surface area contributed by atoms with E-state index < -0.39 is 5.60 Å². The quantitative estimate of drug-likeness (QED) is 0.474. The lowest BCUT2D eigenvalue weighted by molar-refractivity contribution is -0.124. The van der Waals surface area contributed by atoms with E-state index in [0.717, 1.165) is 22.4 Å². The van der Waals surface area contributed by atoms with Gasteiger partial charge in [-0.3, -0.25) is 4.79 Å². The Morgan fingerprint density at radius 1 is 0.909 bits per heavy atom. The largest absolute Gasteiger partial charge is 0.497 e. The molecular formula is C28H30O5. The fourth-order valence-corrected chi connectivity index (χ4v) is 4.72. The minimum Gasteiger partial charge on any atom is -0.497 e. The van der Waals surface area contributed by atoms with E-state index >= 15 is 0 Å². The number of methoxy groups -OCH3 is 3. The van der Waals surface area contributed by atoms with Crippen LogP contribution >= 0.6 is 0 Å². The molecule has 0 aliphatic carbocycles. The molecule has 0 fully saturated rings. The second-order valence-corrected chi connectivity index (χ2v) is 8.46. The Kier molecular flexibility index (Phi) is 6.32. The van der Waals surface area contributed by atoms with E-state index in [1.54, 1.807) is 27.4 Å². The Balaban J connectivity index is 1.97. The van der Waals surface area contributed by atoms with Crippen LogP contribution in [0.25, 0.3) is 0 Å². The number of carbonyl (C=O) groups excluding carboxylic acids is 1. The molecule has 3 atom stereocenters. The smallest absolute Gasteiger partial charge is 0.147 e. The lowest BCUT2D eigenvalue weighted by Crippen LogP contribution is -2.40. The van der Waals surface area contributed by atoms with Crippen molar-refractivity contribution >= 4 is 5.78 Å². The van der Waals surface area contributed by atoms with Crippen molar-refractivity contribution in [3.8, 4) is 23.0 Å². The van der Waals surface area contributed by atoms with Crippen LogP contribution in [-0.2, 0) is 10.4 Å². The third-order valence-corrected chi connectivity index (χ3v) is 6.76. The van der Waals surface area contributed by atoms with Crippen molar-refractivity contribution in [2.45, 2.75) is 37.7 Å². The van der Waals surface area contributed by atoms with Gasteiger partial charge in [-0.2, -0.15) is 0 Å². The van der Waals surface area contributed by atoms with Crippen LogP contribution in [0.4, 0.5) is 0 Å². The minimum absolute atomic E-state index is 0.0933. The van der Waals surface area contributed by atoms with Crippen LogP contribution in [0.2, 0.25) is 0 Å². The first kappa shape index (κ1) is 22.7. The summed E-state index contributed by atoms with van der Waals surface area (Å²) in [6.45, 7) is 4.02. The van der Waals surface area contributed by atoms with E-state index in [2.05, 4.69) is 19.1 Å². The van der Waals surface area contributed by atoms with Gasteiger partial charge in [0.2, 0.25) is 0 Å². The number of carbonyl (C=O) groups is 1. The molecule has 0 aromatic heterocycles. The fourth-order valence-electron chi connectivity index (χ4n) is 4.72. The Hall–Kier alpha value is -3.47. The van der Waals surface area contributed by atoms with Gasteiger partial charge in [-0.25, -0.2) is 0 Å². The molecule has 0 bridgehead atoms. The van der Waals surface area contributed by atoms with Crippen LogP contribution in [0.5, 0.6) is 23.0 Å². The highest BCUT2D eigenvalue weighted by molar-refractivity contribution is 5.89. The highest BCUT2D eigenvalue weighted by atomic mass is 16.5. The minimum atomic E-state index is -0.929. The molecule has 1 aliphatic rings. The lowest BCUT2D eigenvalue weighted by atomic mass is 9.74. The molecule has 5 nitrogen and oxygen atoms in total. The van der Waals surface area contributed by atoms with Crippen LogP contribution in [0.15, 0.2) is 66.7 Å². The van der Waals surface area contributed by atoms with Gasteiger partial charge in [0.1, 0.15) is 34.4 Å². The maximum Gasteiger partial charge on any atom is 0.147 e. The average molecular weight is 447 g/mol. The SMILES string of the molecule is COc1ccc(C2(C(C)c3ccccc3)CC(=O)[C@@H](C)c3c(OC)cc(OC)cc3O2)cc1. The summed E-state index contributed by atoms with van der Waals surface area (Å²) in [7, 11) is 4.84. The van der Waals surface area contributed by atoms with Crippen LogP contribution in [0.1, 0.15) is 48.8 Å². The van der Waals surface area contributed by atoms with Crippen LogP contribution in [-0.4, -0.2) is 27.1 Å². The zero-order valence-electron chi connectivity index (χ0n) is 19.8. The molecule has 0 saturated carbocycles. The first-order chi connectivity index (χ1) is 15.9. The molecule has 5 heteroatoms. The molecule has 2 unspecified atom stereocenters. The molecular weight excluding hydrogens is 416 g/mol. The van der Waals surface area contributed by atoms with Crippen LogP contribution in [0, 0.1) is 0 Å². The molecule has 1 heterocycles. The molecule has 33 heavy (non-hydrogen) atoms. The molecule has 0 N–H and O–H groups in total. The number of ketones is 1. The first-order valence-electron chi connectivity index (χ1n) is 11.1. The summed E-state index contributed by atoms with van der Waals surface area (Å²) >= 11 is 0. The fraction of sp³-hybridized carbons (Fsp3) is 0.321. The van der Waals surface area contributed by atoms with Crippen LogP contribution in [0.3, 0.4) is 0 Å². The molecule has 0 radical (unpaired) electrons. The lowest BCUT2D eigenvalue weighted by Gasteiger charge is -2.39. The van der Waals surface area contributed by atoms with E-state index in [1.807, 2.05) is 55.5 Å². The van der Waals surface area contributed by atoms with Crippen molar-refractivity contribution in [2.24, 2.45) is 0 Å². The topological polar surface area (TPSA) is 54.0 Å². The van der Waals surface area contributed by atoms with Gasteiger partial charge in [-0.1, -0.05) is 56.3 Å². The number of ether oxygens (including phenoxy) is 4. The van der Waals surface area contributed by atoms with E-state index in [9.17, 15) is 4.79 Å². The number of Topliss-reactive ketones (excluding diaryl/α,β-unsaturated/α-hetero) is 1. The predicted octanol–water partition coefficient (Wildman–Crippen LogP) is 5.87. The summed E-state index contributed by atoms with van der Waals surface area (Å²) in [5, 5.41) is 0. The molecule has 3 aromatic rings. The maximum absolute atomic E-state index is 13.7. The zero-order valence-corrected chi connectivity index (χ0v) is 19.8. The Morgan fingerprint density at radius 2 is 1.58 bits per heavy atom. The van der Waals surface area contributed by atoms with Gasteiger partial charge < -0.3 is 18.9 Å². The van der Waals surface area contributed by atoms with Crippen molar-refractivity contribution in [3.05, 3.63) is 83.4 Å². The van der Waals surface area contributed by atoms with E-state index in [-0.39, 0.29) is 24.0 Å². The maximum atomic E-state index is 13.7. The van der Waals surface area contributed by atoms with Gasteiger partial charge in [0.15, 0.2) is 0 Å². The van der Waals surface area contributed by atoms with E-state index in [0.29, 0.717) is 17.2 Å². The summed E-state index contributed by atoms with van der Waals surface area (Å²) in [4.78, 5) is 13.7. The van der Waals surface area contributed by atoms with Crippen molar-refractivity contribution < 1.29 is 23.7 Å². The van der Waals surface area contributed by atoms with E-state index in [4.69, 9.17) is 18.9 Å². The highest BCUT2D eigenvalue weighted by Crippen LogP contribution is 2.51. The summed E-state index contributed by atoms with van der Waals surface area (Å²) in [5.41, 5.74) is 1.82. The molecule has 0 spiro atoms. The van der Waals surface area contributed by atoms with Crippen molar-refractivity contribution in [3.63, 3.8) is 0 Å². The van der Waals surface area contributed by atoms with Gasteiger partial charge in [0, 0.05) is 29.5 Å². The normalized spacial score (nSPS) is 20.8. The zero-order chi connectivity index (χ0) is 23.6. The van der Waals surface area contributed by atoms with Crippen molar-refractivity contribution in [2.75, 3.05) is 21.3 Å². The highest BCUT2D eigenvalue weighted by Gasteiger charge is 2.47. The molecule has 4 rings (SSSR count). The Bertz CT molecular complexity index is 1120. The summed E-state index contributed by atoms with van der Waals surface area (Å²) in [6.07, 6.45) is 0.219. The Labute approximate surface area is 195 Å². The van der Waals surface area contributed by atoms with Crippen molar-refractivity contribution in [1.29, 1.82) is 0 Å². The molecule has 0 amide bonds. The average Bonchev–Trinajstić information content (AvgIpc) is 2.98. The Morgan fingerprint density at radius 3 is 2.18 bits per heavy atom. The summed E-state index contributed by atoms with van der Waals surface area (Å²) in [5.74, 6) is 2.14. The third kappa shape index (κ3) is 4.04. The standard InChI is InChI=1S/C28H30O5/c1-18-24(29)17-28(19(2)20-9-7-6-8-10-20,21-11-13-22(30-3)14-12-21)33-26-16-23(31-4)15-25(32-5)27(18)26/h6-16,18-19H,17H2,1-5H3/t18-,19?,28?/m1/s1. The number of fused-ring (bicyclic) bond motifs is 1. The molecule has 0 saturated heterocycles. The number of rotatable bonds is 6. The molecule has 3 aromatic carbocycles. The van der Waals surface area contributed by atoms with Gasteiger partial charge >= 0.3 is 0 Å². The second-order valence-electron chi connectivity index (χ2n) is 8.46.